The Labute approximate surface area is 168 Å². The fourth-order valence-electron chi connectivity index (χ4n) is 3.27. The number of methoxy groups -OCH3 is 1. The molecule has 1 heterocycles. The molecule has 0 aliphatic rings. The summed E-state index contributed by atoms with van der Waals surface area (Å²) in [7, 11) is 1.49. The van der Waals surface area contributed by atoms with Gasteiger partial charge >= 0.3 is 0 Å². The van der Waals surface area contributed by atoms with Crippen molar-refractivity contribution in [2.24, 2.45) is 0 Å². The number of rotatable bonds is 5. The van der Waals surface area contributed by atoms with E-state index in [1.54, 1.807) is 54.0 Å². The van der Waals surface area contributed by atoms with Crippen LogP contribution in [0.25, 0.3) is 5.69 Å². The summed E-state index contributed by atoms with van der Waals surface area (Å²) >= 11 is 0. The summed E-state index contributed by atoms with van der Waals surface area (Å²) in [6.45, 7) is 4.98. The highest BCUT2D eigenvalue weighted by Crippen LogP contribution is 2.29. The maximum Gasteiger partial charge on any atom is 0.257 e. The molecular formula is C22H22FN3O3. The third kappa shape index (κ3) is 4.13. The van der Waals surface area contributed by atoms with E-state index in [1.165, 1.54) is 20.1 Å². The molecule has 0 atom stereocenters. The Morgan fingerprint density at radius 3 is 2.41 bits per heavy atom. The number of halogens is 1. The van der Waals surface area contributed by atoms with Crippen LogP contribution in [0.3, 0.4) is 0 Å². The van der Waals surface area contributed by atoms with Crippen LogP contribution >= 0.6 is 0 Å². The molecule has 6 nitrogen and oxygen atoms in total. The minimum absolute atomic E-state index is 0.221. The van der Waals surface area contributed by atoms with Gasteiger partial charge in [0.05, 0.1) is 24.0 Å². The Morgan fingerprint density at radius 1 is 1.03 bits per heavy atom. The average Bonchev–Trinajstić information content (AvgIpc) is 2.96. The van der Waals surface area contributed by atoms with E-state index in [-0.39, 0.29) is 17.6 Å². The normalized spacial score (nSPS) is 10.5. The number of aromatic nitrogens is 1. The maximum absolute atomic E-state index is 14.3. The molecule has 0 saturated heterocycles. The van der Waals surface area contributed by atoms with Crippen molar-refractivity contribution in [3.63, 3.8) is 0 Å². The van der Waals surface area contributed by atoms with Gasteiger partial charge in [0.15, 0.2) is 0 Å². The highest BCUT2D eigenvalue weighted by atomic mass is 19.1. The van der Waals surface area contributed by atoms with Crippen LogP contribution in [0.2, 0.25) is 0 Å². The SMILES string of the molecule is COc1ccc(NC(C)=O)cc1NC(=O)c1cc(C)n(-c2ccccc2F)c1C. The lowest BCUT2D eigenvalue weighted by atomic mass is 10.2. The number of para-hydroxylation sites is 1. The van der Waals surface area contributed by atoms with Gasteiger partial charge in [-0.2, -0.15) is 0 Å². The van der Waals surface area contributed by atoms with Crippen molar-refractivity contribution in [2.75, 3.05) is 17.7 Å². The maximum atomic E-state index is 14.3. The van der Waals surface area contributed by atoms with Gasteiger partial charge in [0.2, 0.25) is 5.91 Å². The van der Waals surface area contributed by atoms with Gasteiger partial charge in [0.1, 0.15) is 11.6 Å². The van der Waals surface area contributed by atoms with Crippen LogP contribution in [0.15, 0.2) is 48.5 Å². The predicted molar refractivity (Wildman–Crippen MR) is 110 cm³/mol. The molecule has 0 aliphatic carbocycles. The quantitative estimate of drug-likeness (QED) is 0.670. The first-order chi connectivity index (χ1) is 13.8. The molecule has 2 N–H and O–H groups in total. The number of aryl methyl sites for hydroxylation is 1. The van der Waals surface area contributed by atoms with Gasteiger partial charge < -0.3 is 19.9 Å². The van der Waals surface area contributed by atoms with Gasteiger partial charge in [0, 0.05) is 24.0 Å². The zero-order valence-corrected chi connectivity index (χ0v) is 16.7. The highest BCUT2D eigenvalue weighted by molar-refractivity contribution is 6.06. The van der Waals surface area contributed by atoms with E-state index in [2.05, 4.69) is 10.6 Å². The van der Waals surface area contributed by atoms with E-state index >= 15 is 0 Å². The number of nitrogens with one attached hydrogen (secondary N) is 2. The van der Waals surface area contributed by atoms with Crippen LogP contribution in [0, 0.1) is 19.7 Å². The molecule has 0 spiro atoms. The lowest BCUT2D eigenvalue weighted by Gasteiger charge is -2.13. The van der Waals surface area contributed by atoms with Crippen LogP contribution in [0.4, 0.5) is 15.8 Å². The lowest BCUT2D eigenvalue weighted by molar-refractivity contribution is -0.114. The molecule has 7 heteroatoms. The molecule has 1 aromatic heterocycles. The Kier molecular flexibility index (Phi) is 5.68. The molecule has 29 heavy (non-hydrogen) atoms. The number of ether oxygens (including phenoxy) is 1. The topological polar surface area (TPSA) is 72.4 Å². The Morgan fingerprint density at radius 2 is 1.76 bits per heavy atom. The molecule has 0 saturated carbocycles. The van der Waals surface area contributed by atoms with Crippen molar-refractivity contribution >= 4 is 23.2 Å². The fourth-order valence-corrected chi connectivity index (χ4v) is 3.27. The first kappa shape index (κ1) is 20.1. The molecule has 0 bridgehead atoms. The third-order valence-electron chi connectivity index (χ3n) is 4.54. The minimum Gasteiger partial charge on any atom is -0.495 e. The first-order valence-electron chi connectivity index (χ1n) is 9.02. The molecule has 2 aromatic carbocycles. The Hall–Kier alpha value is -3.61. The number of amides is 2. The number of anilines is 2. The number of hydrogen-bond donors (Lipinski definition) is 2. The summed E-state index contributed by atoms with van der Waals surface area (Å²) in [4.78, 5) is 24.3. The van der Waals surface area contributed by atoms with E-state index < -0.39 is 0 Å². The summed E-state index contributed by atoms with van der Waals surface area (Å²) in [5.41, 5.74) is 3.09. The summed E-state index contributed by atoms with van der Waals surface area (Å²) in [6.07, 6.45) is 0. The summed E-state index contributed by atoms with van der Waals surface area (Å²) in [6, 6.07) is 13.1. The lowest BCUT2D eigenvalue weighted by Crippen LogP contribution is -2.14. The van der Waals surface area contributed by atoms with E-state index in [9.17, 15) is 14.0 Å². The molecule has 3 aromatic rings. The molecule has 150 valence electrons. The molecule has 0 unspecified atom stereocenters. The smallest absolute Gasteiger partial charge is 0.257 e. The molecule has 0 fully saturated rings. The van der Waals surface area contributed by atoms with Crippen molar-refractivity contribution < 1.29 is 18.7 Å². The molecule has 0 aliphatic heterocycles. The van der Waals surface area contributed by atoms with Gasteiger partial charge in [-0.05, 0) is 50.2 Å². The van der Waals surface area contributed by atoms with Crippen molar-refractivity contribution in [2.45, 2.75) is 20.8 Å². The van der Waals surface area contributed by atoms with Crippen LogP contribution in [0.1, 0.15) is 28.7 Å². The van der Waals surface area contributed by atoms with E-state index in [1.807, 2.05) is 6.92 Å². The number of benzene rings is 2. The van der Waals surface area contributed by atoms with Crippen LogP contribution in [-0.2, 0) is 4.79 Å². The molecule has 0 radical (unpaired) electrons. The van der Waals surface area contributed by atoms with Crippen molar-refractivity contribution in [1.82, 2.24) is 4.57 Å². The van der Waals surface area contributed by atoms with Gasteiger partial charge in [-0.1, -0.05) is 12.1 Å². The van der Waals surface area contributed by atoms with Gasteiger partial charge in [-0.25, -0.2) is 4.39 Å². The Bertz CT molecular complexity index is 1090. The number of nitrogens with zero attached hydrogens (tertiary/aromatic N) is 1. The van der Waals surface area contributed by atoms with E-state index in [0.717, 1.165) is 5.69 Å². The zero-order chi connectivity index (χ0) is 21.1. The summed E-state index contributed by atoms with van der Waals surface area (Å²) < 4.78 is 21.3. The fraction of sp³-hybridized carbons (Fsp3) is 0.182. The predicted octanol–water partition coefficient (Wildman–Crippen LogP) is 4.45. The highest BCUT2D eigenvalue weighted by Gasteiger charge is 2.19. The van der Waals surface area contributed by atoms with Crippen LogP contribution in [0.5, 0.6) is 5.75 Å². The van der Waals surface area contributed by atoms with Gasteiger partial charge in [-0.3, -0.25) is 9.59 Å². The van der Waals surface area contributed by atoms with Crippen molar-refractivity contribution in [1.29, 1.82) is 0 Å². The Balaban J connectivity index is 1.96. The number of hydrogen-bond acceptors (Lipinski definition) is 3. The van der Waals surface area contributed by atoms with E-state index in [0.29, 0.717) is 34.1 Å². The van der Waals surface area contributed by atoms with Crippen molar-refractivity contribution in [3.8, 4) is 11.4 Å². The van der Waals surface area contributed by atoms with Gasteiger partial charge in [0.25, 0.3) is 5.91 Å². The second kappa shape index (κ2) is 8.18. The number of carbonyl (C=O) groups excluding carboxylic acids is 2. The van der Waals surface area contributed by atoms with Crippen LogP contribution in [-0.4, -0.2) is 23.5 Å². The monoisotopic (exact) mass is 395 g/mol. The van der Waals surface area contributed by atoms with E-state index in [4.69, 9.17) is 4.74 Å². The summed E-state index contributed by atoms with van der Waals surface area (Å²) in [5, 5.41) is 5.49. The minimum atomic E-state index is -0.370. The number of carbonyl (C=O) groups is 2. The standard InChI is InChI=1S/C22H22FN3O3/c1-13-11-17(14(2)26(13)20-8-6-5-7-18(20)23)22(28)25-19-12-16(24-15(3)27)9-10-21(19)29-4/h5-12H,1-4H3,(H,24,27)(H,25,28). The van der Waals surface area contributed by atoms with Gasteiger partial charge in [-0.15, -0.1) is 0 Å². The van der Waals surface area contributed by atoms with Crippen LogP contribution < -0.4 is 15.4 Å². The molecular weight excluding hydrogens is 373 g/mol. The molecule has 3 rings (SSSR count). The van der Waals surface area contributed by atoms with Crippen molar-refractivity contribution in [3.05, 3.63) is 71.3 Å². The second-order valence-corrected chi connectivity index (χ2v) is 6.62. The average molecular weight is 395 g/mol. The second-order valence-electron chi connectivity index (χ2n) is 6.62. The third-order valence-corrected chi connectivity index (χ3v) is 4.54. The molecule has 2 amide bonds. The summed E-state index contributed by atoms with van der Waals surface area (Å²) in [5.74, 6) is -0.499. The largest absolute Gasteiger partial charge is 0.495 e. The zero-order valence-electron chi connectivity index (χ0n) is 16.7. The first-order valence-corrected chi connectivity index (χ1v) is 9.02.